The average molecular weight is 351 g/mol. The van der Waals surface area contributed by atoms with Gasteiger partial charge < -0.3 is 14.1 Å². The van der Waals surface area contributed by atoms with Crippen molar-refractivity contribution in [3.63, 3.8) is 0 Å². The summed E-state index contributed by atoms with van der Waals surface area (Å²) in [5, 5.41) is 7.96. The van der Waals surface area contributed by atoms with Crippen molar-refractivity contribution < 1.29 is 13.9 Å². The smallest absolute Gasteiger partial charge is 0.311 e. The third-order valence-corrected chi connectivity index (χ3v) is 4.00. The van der Waals surface area contributed by atoms with E-state index in [-0.39, 0.29) is 23.7 Å². The highest BCUT2D eigenvalue weighted by molar-refractivity contribution is 5.90. The van der Waals surface area contributed by atoms with Crippen molar-refractivity contribution in [1.29, 1.82) is 0 Å². The molecule has 3 rings (SSSR count). The molecule has 0 bridgehead atoms. The van der Waals surface area contributed by atoms with E-state index in [0.29, 0.717) is 17.9 Å². The summed E-state index contributed by atoms with van der Waals surface area (Å²) in [5.41, 5.74) is 1.75. The van der Waals surface area contributed by atoms with Crippen molar-refractivity contribution in [1.82, 2.24) is 15.1 Å². The summed E-state index contributed by atoms with van der Waals surface area (Å²) in [4.78, 5) is 14.6. The molecule has 1 aromatic heterocycles. The Morgan fingerprint density at radius 3 is 2.58 bits per heavy atom. The van der Waals surface area contributed by atoms with Gasteiger partial charge in [0.25, 0.3) is 0 Å². The standard InChI is InChI=1S/C20H21N3O3/c1-14(2)23(13-15-8-5-4-6-9-15)20(24)19-22-21-18(26-19)16-10-7-11-17(12-16)25-3/h4-12,14H,13H2,1-3H3. The molecule has 1 heterocycles. The fraction of sp³-hybridized carbons (Fsp3) is 0.250. The Bertz CT molecular complexity index is 875. The Hall–Kier alpha value is -3.15. The molecule has 0 unspecified atom stereocenters. The number of carbonyl (C=O) groups excluding carboxylic acids is 1. The van der Waals surface area contributed by atoms with Gasteiger partial charge >= 0.3 is 11.8 Å². The van der Waals surface area contributed by atoms with E-state index in [4.69, 9.17) is 9.15 Å². The van der Waals surface area contributed by atoms with E-state index in [1.165, 1.54) is 0 Å². The molecule has 0 saturated heterocycles. The van der Waals surface area contributed by atoms with Crippen molar-refractivity contribution >= 4 is 5.91 Å². The lowest BCUT2D eigenvalue weighted by Crippen LogP contribution is -2.36. The van der Waals surface area contributed by atoms with Gasteiger partial charge in [0, 0.05) is 18.2 Å². The third kappa shape index (κ3) is 3.91. The van der Waals surface area contributed by atoms with Crippen LogP contribution in [-0.4, -0.2) is 34.2 Å². The predicted octanol–water partition coefficient (Wildman–Crippen LogP) is 3.80. The monoisotopic (exact) mass is 351 g/mol. The van der Waals surface area contributed by atoms with Crippen molar-refractivity contribution in [3.05, 3.63) is 66.1 Å². The van der Waals surface area contributed by atoms with Crippen LogP contribution in [0.2, 0.25) is 0 Å². The molecule has 134 valence electrons. The fourth-order valence-corrected chi connectivity index (χ4v) is 2.57. The second-order valence-corrected chi connectivity index (χ2v) is 6.16. The summed E-state index contributed by atoms with van der Waals surface area (Å²) in [6.45, 7) is 4.40. The molecule has 0 radical (unpaired) electrons. The van der Waals surface area contributed by atoms with Crippen molar-refractivity contribution in [3.8, 4) is 17.2 Å². The zero-order chi connectivity index (χ0) is 18.5. The number of hydrogen-bond donors (Lipinski definition) is 0. The van der Waals surface area contributed by atoms with Gasteiger partial charge in [0.1, 0.15) is 5.75 Å². The Kier molecular flexibility index (Phi) is 5.31. The molecular formula is C20H21N3O3. The van der Waals surface area contributed by atoms with E-state index in [1.54, 1.807) is 18.1 Å². The van der Waals surface area contributed by atoms with Gasteiger partial charge in [0.2, 0.25) is 5.89 Å². The SMILES string of the molecule is COc1cccc(-c2nnc(C(=O)N(Cc3ccccc3)C(C)C)o2)c1. The van der Waals surface area contributed by atoms with Gasteiger partial charge in [-0.15, -0.1) is 10.2 Å². The van der Waals surface area contributed by atoms with E-state index >= 15 is 0 Å². The first-order valence-corrected chi connectivity index (χ1v) is 8.41. The summed E-state index contributed by atoms with van der Waals surface area (Å²) < 4.78 is 10.8. The van der Waals surface area contributed by atoms with Crippen LogP contribution in [0.1, 0.15) is 30.1 Å². The zero-order valence-electron chi connectivity index (χ0n) is 15.0. The highest BCUT2D eigenvalue weighted by Crippen LogP contribution is 2.23. The quantitative estimate of drug-likeness (QED) is 0.676. The van der Waals surface area contributed by atoms with Crippen LogP contribution >= 0.6 is 0 Å². The molecule has 6 heteroatoms. The predicted molar refractivity (Wildman–Crippen MR) is 97.7 cm³/mol. The van der Waals surface area contributed by atoms with Gasteiger partial charge in [-0.1, -0.05) is 36.4 Å². The molecule has 3 aromatic rings. The first kappa shape index (κ1) is 17.7. The lowest BCUT2D eigenvalue weighted by atomic mass is 10.2. The van der Waals surface area contributed by atoms with Crippen molar-refractivity contribution in [2.75, 3.05) is 7.11 Å². The Balaban J connectivity index is 1.83. The minimum atomic E-state index is -0.287. The van der Waals surface area contributed by atoms with Gasteiger partial charge in [-0.2, -0.15) is 0 Å². The molecule has 6 nitrogen and oxygen atoms in total. The Morgan fingerprint density at radius 2 is 1.88 bits per heavy atom. The third-order valence-electron chi connectivity index (χ3n) is 4.00. The van der Waals surface area contributed by atoms with Crippen LogP contribution in [0.25, 0.3) is 11.5 Å². The summed E-state index contributed by atoms with van der Waals surface area (Å²) in [5.74, 6) is 0.662. The summed E-state index contributed by atoms with van der Waals surface area (Å²) >= 11 is 0. The van der Waals surface area contributed by atoms with E-state index < -0.39 is 0 Å². The molecule has 0 N–H and O–H groups in total. The van der Waals surface area contributed by atoms with Gasteiger partial charge in [0.05, 0.1) is 7.11 Å². The molecule has 0 aliphatic heterocycles. The van der Waals surface area contributed by atoms with E-state index in [0.717, 1.165) is 5.56 Å². The van der Waals surface area contributed by atoms with Gasteiger partial charge in [-0.3, -0.25) is 4.79 Å². The summed E-state index contributed by atoms with van der Waals surface area (Å²) in [7, 11) is 1.59. The van der Waals surface area contributed by atoms with Crippen LogP contribution in [-0.2, 0) is 6.54 Å². The number of aromatic nitrogens is 2. The molecule has 0 atom stereocenters. The van der Waals surface area contributed by atoms with Crippen LogP contribution in [0.15, 0.2) is 59.0 Å². The number of nitrogens with zero attached hydrogens (tertiary/aromatic N) is 3. The van der Waals surface area contributed by atoms with Gasteiger partial charge in [-0.25, -0.2) is 0 Å². The Labute approximate surface area is 152 Å². The highest BCUT2D eigenvalue weighted by Gasteiger charge is 2.25. The summed E-state index contributed by atoms with van der Waals surface area (Å²) in [6, 6.07) is 17.1. The van der Waals surface area contributed by atoms with E-state index in [1.807, 2.05) is 62.4 Å². The van der Waals surface area contributed by atoms with Crippen molar-refractivity contribution in [2.45, 2.75) is 26.4 Å². The second kappa shape index (κ2) is 7.82. The van der Waals surface area contributed by atoms with Crippen molar-refractivity contribution in [2.24, 2.45) is 0 Å². The fourth-order valence-electron chi connectivity index (χ4n) is 2.57. The highest BCUT2D eigenvalue weighted by atomic mass is 16.5. The number of hydrogen-bond acceptors (Lipinski definition) is 5. The lowest BCUT2D eigenvalue weighted by Gasteiger charge is -2.25. The van der Waals surface area contributed by atoms with E-state index in [9.17, 15) is 4.79 Å². The van der Waals surface area contributed by atoms with Crippen LogP contribution in [0, 0.1) is 0 Å². The molecule has 26 heavy (non-hydrogen) atoms. The molecule has 1 amide bonds. The first-order chi connectivity index (χ1) is 12.6. The van der Waals surface area contributed by atoms with Gasteiger partial charge in [-0.05, 0) is 37.6 Å². The molecular weight excluding hydrogens is 330 g/mol. The second-order valence-electron chi connectivity index (χ2n) is 6.16. The number of ether oxygens (including phenoxy) is 1. The lowest BCUT2D eigenvalue weighted by molar-refractivity contribution is 0.0650. The van der Waals surface area contributed by atoms with Crippen LogP contribution < -0.4 is 4.74 Å². The maximum absolute atomic E-state index is 12.9. The minimum absolute atomic E-state index is 0.00474. The maximum atomic E-state index is 12.9. The number of amides is 1. The van der Waals surface area contributed by atoms with Crippen LogP contribution in [0.5, 0.6) is 5.75 Å². The topological polar surface area (TPSA) is 68.5 Å². The summed E-state index contributed by atoms with van der Waals surface area (Å²) in [6.07, 6.45) is 0. The zero-order valence-corrected chi connectivity index (χ0v) is 15.0. The number of carbonyl (C=O) groups is 1. The van der Waals surface area contributed by atoms with Crippen LogP contribution in [0.4, 0.5) is 0 Å². The number of benzene rings is 2. The molecule has 0 aliphatic carbocycles. The van der Waals surface area contributed by atoms with E-state index in [2.05, 4.69) is 10.2 Å². The number of rotatable bonds is 6. The molecule has 0 aliphatic rings. The number of methoxy groups -OCH3 is 1. The Morgan fingerprint density at radius 1 is 1.12 bits per heavy atom. The van der Waals surface area contributed by atoms with Crippen LogP contribution in [0.3, 0.4) is 0 Å². The first-order valence-electron chi connectivity index (χ1n) is 8.41. The molecule has 0 spiro atoms. The molecule has 2 aromatic carbocycles. The normalized spacial score (nSPS) is 10.8. The van der Waals surface area contributed by atoms with Gasteiger partial charge in [0.15, 0.2) is 0 Å². The largest absolute Gasteiger partial charge is 0.497 e. The minimum Gasteiger partial charge on any atom is -0.497 e. The maximum Gasteiger partial charge on any atom is 0.311 e. The molecule has 0 fully saturated rings. The molecule has 0 saturated carbocycles. The average Bonchev–Trinajstić information content (AvgIpc) is 3.16.